The lowest BCUT2D eigenvalue weighted by Gasteiger charge is -2.19. The Morgan fingerprint density at radius 3 is 2.13 bits per heavy atom. The third-order valence-electron chi connectivity index (χ3n) is 12.8. The summed E-state index contributed by atoms with van der Waals surface area (Å²) >= 11 is 1.54. The van der Waals surface area contributed by atoms with Gasteiger partial charge in [0.2, 0.25) is 0 Å². The number of hydrogen-bond acceptors (Lipinski definition) is 15. The van der Waals surface area contributed by atoms with Crippen LogP contribution in [0.25, 0.3) is 22.3 Å². The van der Waals surface area contributed by atoms with Crippen LogP contribution in [-0.2, 0) is 32.1 Å². The van der Waals surface area contributed by atoms with Crippen LogP contribution < -0.4 is 36.6 Å². The van der Waals surface area contributed by atoms with E-state index in [2.05, 4.69) is 90.2 Å². The van der Waals surface area contributed by atoms with Crippen molar-refractivity contribution in [3.8, 4) is 34.5 Å². The van der Waals surface area contributed by atoms with Crippen molar-refractivity contribution in [3.63, 3.8) is 0 Å². The Morgan fingerprint density at radius 1 is 0.699 bits per heavy atom. The summed E-state index contributed by atoms with van der Waals surface area (Å²) in [5.74, 6) is 7.23. The van der Waals surface area contributed by atoms with Crippen molar-refractivity contribution >= 4 is 64.1 Å². The van der Waals surface area contributed by atoms with Gasteiger partial charge in [0.15, 0.2) is 27.9 Å². The van der Waals surface area contributed by atoms with E-state index >= 15 is 0 Å². The van der Waals surface area contributed by atoms with E-state index in [9.17, 15) is 19.2 Å². The summed E-state index contributed by atoms with van der Waals surface area (Å²) in [5, 5.41) is 27.2. The number of anilines is 3. The smallest absolute Gasteiger partial charge is 0.407 e. The van der Waals surface area contributed by atoms with Crippen molar-refractivity contribution in [3.05, 3.63) is 179 Å². The number of para-hydroxylation sites is 2. The topological polar surface area (TPSA) is 234 Å². The number of nitrogens with zero attached hydrogens (tertiary/aromatic N) is 5. The number of amides is 4. The molecule has 0 bridgehead atoms. The number of ether oxygens (including phenoxy) is 4. The molecular weight excluding hydrogens is 1070 g/mol. The minimum atomic E-state index is -0.590. The summed E-state index contributed by atoms with van der Waals surface area (Å²) in [6, 6.07) is 45.6. The molecule has 0 radical (unpaired) electrons. The number of aromatic nitrogens is 5. The molecule has 9 rings (SSSR count). The number of carbonyl (C=O) groups excluding carboxylic acids is 4. The first-order chi connectivity index (χ1) is 40.3. The maximum absolute atomic E-state index is 13.3. The van der Waals surface area contributed by atoms with Gasteiger partial charge in [-0.1, -0.05) is 115 Å². The first-order valence-corrected chi connectivity index (χ1v) is 28.4. The van der Waals surface area contributed by atoms with Gasteiger partial charge < -0.3 is 50.8 Å². The zero-order valence-corrected chi connectivity index (χ0v) is 47.4. The Balaban J connectivity index is 0.652. The Bertz CT molecular complexity index is 3550. The molecule has 6 N–H and O–H groups in total. The lowest BCUT2D eigenvalue weighted by atomic mass is 9.98. The summed E-state index contributed by atoms with van der Waals surface area (Å²) in [6.45, 7) is 10.6. The minimum Gasteiger partial charge on any atom is -0.455 e. The molecule has 0 saturated carbocycles. The van der Waals surface area contributed by atoms with Gasteiger partial charge in [-0.2, -0.15) is 0 Å². The molecule has 0 unspecified atom stereocenters. The van der Waals surface area contributed by atoms with Gasteiger partial charge in [0.05, 0.1) is 25.4 Å². The molecule has 4 amide bonds. The quantitative estimate of drug-likeness (QED) is 0.0143. The van der Waals surface area contributed by atoms with Crippen molar-refractivity contribution in [1.29, 1.82) is 0 Å². The predicted octanol–water partition coefficient (Wildman–Crippen LogP) is 10.4. The molecule has 20 heteroatoms. The van der Waals surface area contributed by atoms with Gasteiger partial charge in [0.1, 0.15) is 18.0 Å². The molecule has 426 valence electrons. The Labute approximate surface area is 486 Å². The highest BCUT2D eigenvalue weighted by Gasteiger charge is 2.29. The average Bonchev–Trinajstić information content (AvgIpc) is 4.15. The van der Waals surface area contributed by atoms with Crippen LogP contribution in [0.2, 0.25) is 0 Å². The van der Waals surface area contributed by atoms with Crippen LogP contribution in [0.4, 0.5) is 26.8 Å². The standard InChI is InChI=1S/C63H65N11O8S/c1-5-38-83-60-70-57(66-32-33-67-62(78)82-63(2,3)4)56-58(71-60)74(73-72-56)40-44-20-18-42(19-21-44)24-31-55(75)65-35-37-79-36-34-64-46-27-29-47(30-28-46)81-54-17-11-10-16-53(54)69-59(76)45-25-22-43(23-26-45)39-68-61(77)80-41-52-50-14-8-6-12-48(50)49-13-7-9-15-51(49)52/h6-23,25-30,52,64H,5,32-41H2,1-4H3,(H,65,75)(H,67,78)(H,68,77)(H,69,76)(H,66,70,71). The summed E-state index contributed by atoms with van der Waals surface area (Å²) in [4.78, 5) is 60.1. The maximum Gasteiger partial charge on any atom is 0.407 e. The molecule has 0 saturated heterocycles. The molecule has 0 fully saturated rings. The maximum atomic E-state index is 13.3. The second-order valence-corrected chi connectivity index (χ2v) is 21.2. The fourth-order valence-corrected chi connectivity index (χ4v) is 9.54. The zero-order valence-electron chi connectivity index (χ0n) is 46.6. The number of thioether (sulfide) groups is 1. The normalized spacial score (nSPS) is 11.6. The monoisotopic (exact) mass is 1140 g/mol. The molecular formula is C63H65N11O8S. The van der Waals surface area contributed by atoms with Gasteiger partial charge >= 0.3 is 12.2 Å². The minimum absolute atomic E-state index is 0.0287. The molecule has 83 heavy (non-hydrogen) atoms. The van der Waals surface area contributed by atoms with Crippen LogP contribution in [0.3, 0.4) is 0 Å². The molecule has 0 spiro atoms. The van der Waals surface area contributed by atoms with Gasteiger partial charge in [-0.05, 0) is 121 Å². The van der Waals surface area contributed by atoms with Crippen LogP contribution in [0.15, 0.2) is 151 Å². The average molecular weight is 1140 g/mol. The number of carbonyl (C=O) groups is 4. The van der Waals surface area contributed by atoms with E-state index in [4.69, 9.17) is 23.9 Å². The number of fused-ring (bicyclic) bond motifs is 4. The Kier molecular flexibility index (Phi) is 19.9. The van der Waals surface area contributed by atoms with Gasteiger partial charge in [-0.3, -0.25) is 9.59 Å². The highest BCUT2D eigenvalue weighted by molar-refractivity contribution is 7.99. The zero-order chi connectivity index (χ0) is 58.0. The fraction of sp³-hybridized carbons (Fsp3) is 0.270. The summed E-state index contributed by atoms with van der Waals surface area (Å²) in [7, 11) is 0. The largest absolute Gasteiger partial charge is 0.455 e. The number of alkyl carbamates (subject to hydrolysis) is 2. The van der Waals surface area contributed by atoms with E-state index in [1.165, 1.54) is 11.1 Å². The van der Waals surface area contributed by atoms with E-state index in [0.717, 1.165) is 40.1 Å². The molecule has 2 aromatic heterocycles. The van der Waals surface area contributed by atoms with Crippen LogP contribution in [0, 0.1) is 11.8 Å². The molecule has 2 heterocycles. The molecule has 0 aliphatic heterocycles. The fourth-order valence-electron chi connectivity index (χ4n) is 8.85. The SMILES string of the molecule is CCCSc1nc(NCCNC(=O)OC(C)(C)C)c2nnn(Cc3ccc(C#CC(=O)NCCOCCNc4ccc(Oc5ccccc5NC(=O)c5ccc(CNC(=O)OCC6c7ccccc7-c7ccccc76)cc5)cc4)cc3)c2n1. The van der Waals surface area contributed by atoms with Crippen molar-refractivity contribution in [2.75, 3.05) is 67.7 Å². The second-order valence-electron chi connectivity index (χ2n) is 20.2. The van der Waals surface area contributed by atoms with E-state index in [0.29, 0.717) is 96.4 Å². The highest BCUT2D eigenvalue weighted by atomic mass is 32.2. The van der Waals surface area contributed by atoms with E-state index in [1.54, 1.807) is 52.8 Å². The number of nitrogens with one attached hydrogen (secondary N) is 6. The van der Waals surface area contributed by atoms with Crippen molar-refractivity contribution < 1.29 is 38.1 Å². The van der Waals surface area contributed by atoms with Crippen LogP contribution in [0.5, 0.6) is 11.5 Å². The van der Waals surface area contributed by atoms with Gasteiger partial charge in [0.25, 0.3) is 11.8 Å². The molecule has 6 aromatic carbocycles. The van der Waals surface area contributed by atoms with Gasteiger partial charge in [-0.15, -0.1) is 5.10 Å². The summed E-state index contributed by atoms with van der Waals surface area (Å²) < 4.78 is 24.6. The molecule has 8 aromatic rings. The molecule has 19 nitrogen and oxygen atoms in total. The van der Waals surface area contributed by atoms with Gasteiger partial charge in [0, 0.05) is 67.1 Å². The Hall–Kier alpha value is -9.45. The second kappa shape index (κ2) is 28.3. The summed E-state index contributed by atoms with van der Waals surface area (Å²) in [5.41, 5.74) is 9.37. The van der Waals surface area contributed by atoms with E-state index in [-0.39, 0.29) is 25.0 Å². The number of rotatable bonds is 24. The highest BCUT2D eigenvalue weighted by Crippen LogP contribution is 2.44. The van der Waals surface area contributed by atoms with E-state index in [1.807, 2.05) is 106 Å². The molecule has 1 aliphatic carbocycles. The molecule has 1 aliphatic rings. The van der Waals surface area contributed by atoms with Crippen LogP contribution in [-0.4, -0.2) is 106 Å². The number of benzene rings is 6. The first-order valence-electron chi connectivity index (χ1n) is 27.4. The van der Waals surface area contributed by atoms with Crippen LogP contribution >= 0.6 is 11.8 Å². The Morgan fingerprint density at radius 2 is 1.40 bits per heavy atom. The van der Waals surface area contributed by atoms with Crippen molar-refractivity contribution in [2.45, 2.75) is 63.9 Å². The van der Waals surface area contributed by atoms with Crippen LogP contribution in [0.1, 0.15) is 78.2 Å². The van der Waals surface area contributed by atoms with Crippen molar-refractivity contribution in [2.24, 2.45) is 0 Å². The lowest BCUT2D eigenvalue weighted by Crippen LogP contribution is -2.35. The van der Waals surface area contributed by atoms with Gasteiger partial charge in [-0.25, -0.2) is 24.2 Å². The van der Waals surface area contributed by atoms with E-state index < -0.39 is 23.7 Å². The third kappa shape index (κ3) is 16.6. The third-order valence-corrected chi connectivity index (χ3v) is 13.8. The summed E-state index contributed by atoms with van der Waals surface area (Å²) in [6.07, 6.45) is -0.0513. The predicted molar refractivity (Wildman–Crippen MR) is 321 cm³/mol. The number of hydrogen-bond donors (Lipinski definition) is 6. The van der Waals surface area contributed by atoms with Crippen molar-refractivity contribution in [1.82, 2.24) is 40.9 Å². The lowest BCUT2D eigenvalue weighted by molar-refractivity contribution is -0.115. The first kappa shape index (κ1) is 58.2. The molecule has 0 atom stereocenters.